The van der Waals surface area contributed by atoms with Crippen molar-refractivity contribution in [3.8, 4) is 0 Å². The van der Waals surface area contributed by atoms with Crippen LogP contribution in [0.4, 0.5) is 0 Å². The van der Waals surface area contributed by atoms with E-state index in [0.717, 1.165) is 16.3 Å². The molecule has 0 radical (unpaired) electrons. The lowest BCUT2D eigenvalue weighted by atomic mass is 9.94. The van der Waals surface area contributed by atoms with Crippen LogP contribution < -0.4 is 0 Å². The summed E-state index contributed by atoms with van der Waals surface area (Å²) in [5, 5.41) is 0.421. The molecule has 0 fully saturated rings. The second-order valence-corrected chi connectivity index (χ2v) is 10.3. The maximum absolute atomic E-state index is 12.9. The van der Waals surface area contributed by atoms with Gasteiger partial charge in [0.1, 0.15) is 5.76 Å². The zero-order chi connectivity index (χ0) is 22.2. The molecule has 0 bridgehead atoms. The first-order valence-electron chi connectivity index (χ1n) is 9.23. The quantitative estimate of drug-likeness (QED) is 0.399. The van der Waals surface area contributed by atoms with Crippen molar-refractivity contribution in [2.24, 2.45) is 0 Å². The van der Waals surface area contributed by atoms with Gasteiger partial charge in [0.2, 0.25) is 0 Å². The highest BCUT2D eigenvalue weighted by Gasteiger charge is 2.33. The molecule has 0 aromatic heterocycles. The Labute approximate surface area is 193 Å². The molecule has 4 rings (SSSR count). The molecule has 1 aliphatic rings. The van der Waals surface area contributed by atoms with Crippen LogP contribution in [0.3, 0.4) is 0 Å². The third kappa shape index (κ3) is 4.51. The second kappa shape index (κ2) is 8.46. The minimum atomic E-state index is -3.35. The van der Waals surface area contributed by atoms with E-state index in [2.05, 4.69) is 15.9 Å². The number of esters is 1. The van der Waals surface area contributed by atoms with E-state index >= 15 is 0 Å². The monoisotopic (exact) mass is 514 g/mol. The number of allylic oxidation sites excluding steroid dienone is 1. The molecule has 0 N–H and O–H groups in total. The van der Waals surface area contributed by atoms with Crippen LogP contribution in [0.1, 0.15) is 16.7 Å². The van der Waals surface area contributed by atoms with Gasteiger partial charge >= 0.3 is 5.97 Å². The number of cyclic esters (lactones) is 1. The minimum absolute atomic E-state index is 0.194. The summed E-state index contributed by atoms with van der Waals surface area (Å²) in [6.45, 7) is 0. The third-order valence-electron chi connectivity index (χ3n) is 4.79. The molecule has 3 aromatic carbocycles. The summed E-state index contributed by atoms with van der Waals surface area (Å²) in [7, 11) is -3.35. The summed E-state index contributed by atoms with van der Waals surface area (Å²) in [5.74, 6) is -0.145. The Balaban J connectivity index is 1.94. The molecule has 1 heterocycles. The van der Waals surface area contributed by atoms with Gasteiger partial charge in [-0.25, -0.2) is 13.2 Å². The lowest BCUT2D eigenvalue weighted by Gasteiger charge is -2.08. The van der Waals surface area contributed by atoms with Gasteiger partial charge in [0, 0.05) is 26.9 Å². The summed E-state index contributed by atoms with van der Waals surface area (Å²) in [6.07, 6.45) is 2.92. The molecule has 1 aliphatic heterocycles. The Kier molecular flexibility index (Phi) is 5.88. The van der Waals surface area contributed by atoms with Gasteiger partial charge in [0.05, 0.1) is 10.5 Å². The second-order valence-electron chi connectivity index (χ2n) is 6.98. The van der Waals surface area contributed by atoms with Crippen LogP contribution in [-0.2, 0) is 19.4 Å². The first kappa shape index (κ1) is 21.6. The highest BCUT2D eigenvalue weighted by Crippen LogP contribution is 2.42. The van der Waals surface area contributed by atoms with Crippen LogP contribution in [0, 0.1) is 0 Å². The van der Waals surface area contributed by atoms with E-state index in [1.165, 1.54) is 12.1 Å². The molecule has 0 spiro atoms. The van der Waals surface area contributed by atoms with Gasteiger partial charge in [-0.05, 0) is 47.5 Å². The molecule has 0 saturated heterocycles. The summed E-state index contributed by atoms with van der Waals surface area (Å²) in [4.78, 5) is 13.1. The van der Waals surface area contributed by atoms with Crippen molar-refractivity contribution in [1.82, 2.24) is 0 Å². The summed E-state index contributed by atoms with van der Waals surface area (Å²) in [5.41, 5.74) is 2.94. The number of hydrogen-bond donors (Lipinski definition) is 0. The molecule has 156 valence electrons. The molecule has 31 heavy (non-hydrogen) atoms. The summed E-state index contributed by atoms with van der Waals surface area (Å²) >= 11 is 9.79. The summed E-state index contributed by atoms with van der Waals surface area (Å²) in [6, 6.07) is 21.0. The average molecular weight is 516 g/mol. The van der Waals surface area contributed by atoms with Crippen LogP contribution in [0.5, 0.6) is 0 Å². The Morgan fingerprint density at radius 3 is 2.16 bits per heavy atom. The fraction of sp³-hybridized carbons (Fsp3) is 0.0417. The van der Waals surface area contributed by atoms with Gasteiger partial charge < -0.3 is 4.74 Å². The standard InChI is InChI=1S/C24H16BrClO4S/c1-31(28,29)18-12-8-16(9-13-18)22-21(14-15-6-10-17(25)11-7-15)30-24(27)23(22)19-4-2-3-5-20(19)26/h2-14H,1H3/b21-14-. The zero-order valence-corrected chi connectivity index (χ0v) is 19.5. The lowest BCUT2D eigenvalue weighted by molar-refractivity contribution is -0.131. The molecule has 0 atom stereocenters. The van der Waals surface area contributed by atoms with Gasteiger partial charge in [0.15, 0.2) is 9.84 Å². The number of carbonyl (C=O) groups is 1. The predicted octanol–water partition coefficient (Wildman–Crippen LogP) is 6.01. The van der Waals surface area contributed by atoms with Crippen molar-refractivity contribution in [3.63, 3.8) is 0 Å². The van der Waals surface area contributed by atoms with E-state index in [9.17, 15) is 13.2 Å². The topological polar surface area (TPSA) is 60.4 Å². The van der Waals surface area contributed by atoms with E-state index in [4.69, 9.17) is 16.3 Å². The van der Waals surface area contributed by atoms with Gasteiger partial charge in [-0.3, -0.25) is 0 Å². The normalized spacial score (nSPS) is 15.5. The van der Waals surface area contributed by atoms with Gasteiger partial charge in [-0.15, -0.1) is 0 Å². The van der Waals surface area contributed by atoms with E-state index in [1.807, 2.05) is 24.3 Å². The number of rotatable bonds is 4. The van der Waals surface area contributed by atoms with Crippen molar-refractivity contribution in [2.45, 2.75) is 4.90 Å². The predicted molar refractivity (Wildman–Crippen MR) is 126 cm³/mol. The molecule has 7 heteroatoms. The maximum atomic E-state index is 12.9. The number of benzene rings is 3. The minimum Gasteiger partial charge on any atom is -0.422 e. The fourth-order valence-electron chi connectivity index (χ4n) is 3.30. The van der Waals surface area contributed by atoms with Crippen LogP contribution in [0.25, 0.3) is 17.2 Å². The van der Waals surface area contributed by atoms with Crippen LogP contribution in [0.2, 0.25) is 5.02 Å². The molecule has 0 saturated carbocycles. The molecular formula is C24H16BrClO4S. The Hall–Kier alpha value is -2.67. The van der Waals surface area contributed by atoms with Crippen LogP contribution in [-0.4, -0.2) is 20.6 Å². The number of ether oxygens (including phenoxy) is 1. The van der Waals surface area contributed by atoms with E-state index in [1.54, 1.807) is 42.5 Å². The zero-order valence-electron chi connectivity index (χ0n) is 16.3. The smallest absolute Gasteiger partial charge is 0.344 e. The van der Waals surface area contributed by atoms with E-state index < -0.39 is 15.8 Å². The molecule has 0 amide bonds. The average Bonchev–Trinajstić information content (AvgIpc) is 3.05. The number of hydrogen-bond acceptors (Lipinski definition) is 4. The third-order valence-corrected chi connectivity index (χ3v) is 6.77. The van der Waals surface area contributed by atoms with Crippen LogP contribution >= 0.6 is 27.5 Å². The van der Waals surface area contributed by atoms with Crippen molar-refractivity contribution in [1.29, 1.82) is 0 Å². The Morgan fingerprint density at radius 2 is 1.55 bits per heavy atom. The van der Waals surface area contributed by atoms with Crippen LogP contribution in [0.15, 0.2) is 87.9 Å². The molecule has 0 unspecified atom stereocenters. The molecule has 4 nitrogen and oxygen atoms in total. The van der Waals surface area contributed by atoms with Gasteiger partial charge in [-0.2, -0.15) is 0 Å². The first-order valence-corrected chi connectivity index (χ1v) is 12.3. The number of carbonyl (C=O) groups excluding carboxylic acids is 1. The lowest BCUT2D eigenvalue weighted by Crippen LogP contribution is -1.99. The number of sulfone groups is 1. The van der Waals surface area contributed by atoms with E-state index in [-0.39, 0.29) is 4.90 Å². The maximum Gasteiger partial charge on any atom is 0.344 e. The largest absolute Gasteiger partial charge is 0.422 e. The molecule has 3 aromatic rings. The SMILES string of the molecule is CS(=O)(=O)c1ccc(C2=C(c3ccccc3Cl)C(=O)O/C2=C\c2ccc(Br)cc2)cc1. The van der Waals surface area contributed by atoms with Crippen molar-refractivity contribution in [2.75, 3.05) is 6.26 Å². The summed E-state index contributed by atoms with van der Waals surface area (Å²) < 4.78 is 30.3. The molecular weight excluding hydrogens is 500 g/mol. The van der Waals surface area contributed by atoms with Gasteiger partial charge in [-0.1, -0.05) is 70.0 Å². The Bertz CT molecular complexity index is 1340. The van der Waals surface area contributed by atoms with Crippen molar-refractivity contribution in [3.05, 3.63) is 105 Å². The van der Waals surface area contributed by atoms with Gasteiger partial charge in [0.25, 0.3) is 0 Å². The highest BCUT2D eigenvalue weighted by molar-refractivity contribution is 9.10. The fourth-order valence-corrected chi connectivity index (χ4v) is 4.43. The van der Waals surface area contributed by atoms with Crippen molar-refractivity contribution >= 4 is 60.6 Å². The number of halogens is 2. The van der Waals surface area contributed by atoms with E-state index in [0.29, 0.717) is 33.1 Å². The Morgan fingerprint density at radius 1 is 0.903 bits per heavy atom. The molecule has 0 aliphatic carbocycles. The first-order chi connectivity index (χ1) is 14.7. The highest BCUT2D eigenvalue weighted by atomic mass is 79.9. The van der Waals surface area contributed by atoms with Crippen molar-refractivity contribution < 1.29 is 17.9 Å².